The van der Waals surface area contributed by atoms with Gasteiger partial charge in [0.15, 0.2) is 0 Å². The number of amides is 1. The zero-order chi connectivity index (χ0) is 15.7. The van der Waals surface area contributed by atoms with Crippen LogP contribution in [0.2, 0.25) is 0 Å². The van der Waals surface area contributed by atoms with Crippen LogP contribution >= 0.6 is 0 Å². The number of fused-ring (bicyclic) bond motifs is 1. The molecule has 1 aromatic rings. The molecule has 1 fully saturated rings. The monoisotopic (exact) mass is 306 g/mol. The summed E-state index contributed by atoms with van der Waals surface area (Å²) < 4.78 is 5.96. The fraction of sp³-hybridized carbons (Fsp3) is 0.706. The van der Waals surface area contributed by atoms with E-state index in [1.54, 1.807) is 19.0 Å². The molecule has 5 nitrogen and oxygen atoms in total. The van der Waals surface area contributed by atoms with E-state index in [4.69, 9.17) is 4.42 Å². The third-order valence-corrected chi connectivity index (χ3v) is 4.84. The number of carbonyl (C=O) groups excluding carboxylic acids is 1. The Kier molecular flexibility index (Phi) is 4.54. The van der Waals surface area contributed by atoms with E-state index in [0.29, 0.717) is 13.0 Å². The van der Waals surface area contributed by atoms with Crippen LogP contribution in [0.15, 0.2) is 10.5 Å². The van der Waals surface area contributed by atoms with Crippen LogP contribution < -0.4 is 0 Å². The molecule has 0 unspecified atom stereocenters. The number of nitrogens with zero attached hydrogens (tertiary/aromatic N) is 2. The summed E-state index contributed by atoms with van der Waals surface area (Å²) in [5.41, 5.74) is 1.36. The van der Waals surface area contributed by atoms with Gasteiger partial charge in [-0.1, -0.05) is 0 Å². The second-order valence-electron chi connectivity index (χ2n) is 6.88. The van der Waals surface area contributed by atoms with Gasteiger partial charge in [0.1, 0.15) is 11.5 Å². The van der Waals surface area contributed by atoms with Gasteiger partial charge in [-0.3, -0.25) is 9.69 Å². The van der Waals surface area contributed by atoms with Crippen molar-refractivity contribution in [3.63, 3.8) is 0 Å². The summed E-state index contributed by atoms with van der Waals surface area (Å²) >= 11 is 0. The molecular weight excluding hydrogens is 280 g/mol. The van der Waals surface area contributed by atoms with Gasteiger partial charge in [-0.15, -0.1) is 0 Å². The minimum atomic E-state index is -0.423. The molecule has 0 spiro atoms. The second-order valence-corrected chi connectivity index (χ2v) is 6.88. The summed E-state index contributed by atoms with van der Waals surface area (Å²) in [6, 6.07) is 2.18. The lowest BCUT2D eigenvalue weighted by Crippen LogP contribution is -2.28. The first-order valence-corrected chi connectivity index (χ1v) is 8.24. The fourth-order valence-electron chi connectivity index (χ4n) is 3.53. The average Bonchev–Trinajstić information content (AvgIpc) is 3.02. The van der Waals surface area contributed by atoms with Gasteiger partial charge in [0.05, 0.1) is 12.6 Å². The number of hydrogen-bond donors (Lipinski definition) is 1. The highest BCUT2D eigenvalue weighted by atomic mass is 16.3. The molecule has 3 rings (SSSR count). The van der Waals surface area contributed by atoms with E-state index in [2.05, 4.69) is 11.0 Å². The second kappa shape index (κ2) is 6.42. The molecule has 0 bridgehead atoms. The first-order chi connectivity index (χ1) is 10.5. The van der Waals surface area contributed by atoms with Crippen LogP contribution in [0.3, 0.4) is 0 Å². The van der Waals surface area contributed by atoms with Gasteiger partial charge in [-0.25, -0.2) is 0 Å². The standard InChI is InChI=1S/C17H26N2O3/c1-18(2)17(21)8-13-9-19(11-15(13)20)10-14-7-12-5-3-4-6-16(12)22-14/h7,13,15,20H,3-6,8-11H2,1-2H3/t13-,15-/m1/s1. The maximum Gasteiger partial charge on any atom is 0.222 e. The molecular formula is C17H26N2O3. The fourth-order valence-corrected chi connectivity index (χ4v) is 3.53. The Hall–Kier alpha value is -1.33. The Morgan fingerprint density at radius 3 is 2.86 bits per heavy atom. The number of hydrogen-bond acceptors (Lipinski definition) is 4. The van der Waals surface area contributed by atoms with Gasteiger partial charge in [0, 0.05) is 45.9 Å². The van der Waals surface area contributed by atoms with Crippen LogP contribution in [-0.4, -0.2) is 54.1 Å². The van der Waals surface area contributed by atoms with Gasteiger partial charge in [-0.2, -0.15) is 0 Å². The van der Waals surface area contributed by atoms with Gasteiger partial charge >= 0.3 is 0 Å². The Balaban J connectivity index is 1.58. The van der Waals surface area contributed by atoms with Crippen molar-refractivity contribution in [3.05, 3.63) is 23.2 Å². The molecule has 22 heavy (non-hydrogen) atoms. The predicted molar refractivity (Wildman–Crippen MR) is 83.4 cm³/mol. The average molecular weight is 306 g/mol. The van der Waals surface area contributed by atoms with Crippen LogP contribution in [-0.2, 0) is 24.2 Å². The number of aliphatic hydroxyl groups excluding tert-OH is 1. The molecule has 1 aliphatic heterocycles. The topological polar surface area (TPSA) is 56.9 Å². The minimum absolute atomic E-state index is 0.0273. The predicted octanol–water partition coefficient (Wildman–Crippen LogP) is 1.43. The number of furan rings is 1. The Morgan fingerprint density at radius 1 is 1.36 bits per heavy atom. The Labute approximate surface area is 131 Å². The van der Waals surface area contributed by atoms with Gasteiger partial charge in [0.25, 0.3) is 0 Å². The number of rotatable bonds is 4. The summed E-state index contributed by atoms with van der Waals surface area (Å²) in [4.78, 5) is 15.6. The number of β-amino-alcohol motifs (C(OH)–C–C–N with tert-alkyl or cyclic N) is 1. The van der Waals surface area contributed by atoms with Crippen molar-refractivity contribution >= 4 is 5.91 Å². The highest BCUT2D eigenvalue weighted by Gasteiger charge is 2.33. The molecule has 122 valence electrons. The van der Waals surface area contributed by atoms with Crippen molar-refractivity contribution in [3.8, 4) is 0 Å². The third kappa shape index (κ3) is 3.36. The summed E-state index contributed by atoms with van der Waals surface area (Å²) in [5.74, 6) is 2.26. The minimum Gasteiger partial charge on any atom is -0.464 e. The summed E-state index contributed by atoms with van der Waals surface area (Å²) in [7, 11) is 3.52. The molecule has 1 aliphatic carbocycles. The molecule has 5 heteroatoms. The first-order valence-electron chi connectivity index (χ1n) is 8.24. The van der Waals surface area contributed by atoms with Crippen molar-refractivity contribution in [1.82, 2.24) is 9.80 Å². The van der Waals surface area contributed by atoms with Crippen molar-refractivity contribution in [2.24, 2.45) is 5.92 Å². The molecule has 2 aliphatic rings. The van der Waals surface area contributed by atoms with E-state index in [-0.39, 0.29) is 11.8 Å². The zero-order valence-electron chi connectivity index (χ0n) is 13.5. The molecule has 1 saturated heterocycles. The van der Waals surface area contributed by atoms with Crippen LogP contribution in [0.25, 0.3) is 0 Å². The number of carbonyl (C=O) groups is 1. The molecule has 2 atom stereocenters. The summed E-state index contributed by atoms with van der Waals surface area (Å²) in [5, 5.41) is 10.2. The van der Waals surface area contributed by atoms with Crippen molar-refractivity contribution in [2.45, 2.75) is 44.8 Å². The SMILES string of the molecule is CN(C)C(=O)C[C@@H]1CN(Cc2cc3c(o2)CCCC3)C[C@H]1O. The van der Waals surface area contributed by atoms with E-state index >= 15 is 0 Å². The molecule has 0 radical (unpaired) electrons. The van der Waals surface area contributed by atoms with E-state index < -0.39 is 6.10 Å². The molecule has 2 heterocycles. The molecule has 1 aromatic heterocycles. The molecule has 0 aromatic carbocycles. The highest BCUT2D eigenvalue weighted by Crippen LogP contribution is 2.27. The highest BCUT2D eigenvalue weighted by molar-refractivity contribution is 5.75. The maximum atomic E-state index is 11.8. The lowest BCUT2D eigenvalue weighted by atomic mass is 9.99. The Bertz CT molecular complexity index is 515. The molecule has 0 saturated carbocycles. The number of aliphatic hydroxyl groups is 1. The van der Waals surface area contributed by atoms with E-state index in [0.717, 1.165) is 37.5 Å². The molecule has 1 amide bonds. The number of likely N-dealkylation sites (tertiary alicyclic amines) is 1. The number of aryl methyl sites for hydroxylation is 2. The normalized spacial score (nSPS) is 25.2. The van der Waals surface area contributed by atoms with Crippen molar-refractivity contribution in [2.75, 3.05) is 27.2 Å². The third-order valence-electron chi connectivity index (χ3n) is 4.84. The van der Waals surface area contributed by atoms with E-state index in [9.17, 15) is 9.90 Å². The van der Waals surface area contributed by atoms with Crippen molar-refractivity contribution < 1.29 is 14.3 Å². The van der Waals surface area contributed by atoms with Crippen molar-refractivity contribution in [1.29, 1.82) is 0 Å². The molecule has 1 N–H and O–H groups in total. The van der Waals surface area contributed by atoms with E-state index in [1.807, 2.05) is 0 Å². The maximum absolute atomic E-state index is 11.8. The van der Waals surface area contributed by atoms with Gasteiger partial charge in [-0.05, 0) is 30.9 Å². The van der Waals surface area contributed by atoms with Gasteiger partial charge < -0.3 is 14.4 Å². The van der Waals surface area contributed by atoms with Crippen LogP contribution in [0.5, 0.6) is 0 Å². The smallest absolute Gasteiger partial charge is 0.222 e. The van der Waals surface area contributed by atoms with Crippen LogP contribution in [0, 0.1) is 5.92 Å². The van der Waals surface area contributed by atoms with Gasteiger partial charge in [0.2, 0.25) is 5.91 Å². The lowest BCUT2D eigenvalue weighted by Gasteiger charge is -2.16. The Morgan fingerprint density at radius 2 is 2.14 bits per heavy atom. The van der Waals surface area contributed by atoms with E-state index in [1.165, 1.54) is 18.4 Å². The largest absolute Gasteiger partial charge is 0.464 e. The van der Waals surface area contributed by atoms with Crippen LogP contribution in [0.1, 0.15) is 36.3 Å². The van der Waals surface area contributed by atoms with Crippen LogP contribution in [0.4, 0.5) is 0 Å². The first kappa shape index (κ1) is 15.6. The summed E-state index contributed by atoms with van der Waals surface area (Å²) in [6.45, 7) is 2.11. The zero-order valence-corrected chi connectivity index (χ0v) is 13.5. The lowest BCUT2D eigenvalue weighted by molar-refractivity contribution is -0.130. The summed E-state index contributed by atoms with van der Waals surface area (Å²) in [6.07, 6.45) is 4.65. The quantitative estimate of drug-likeness (QED) is 0.914.